The second-order valence-corrected chi connectivity index (χ2v) is 14.6. The molecule has 2 aromatic carbocycles. The van der Waals surface area contributed by atoms with E-state index in [1.807, 2.05) is 0 Å². The monoisotopic (exact) mass is 735 g/mol. The van der Waals surface area contributed by atoms with E-state index in [4.69, 9.17) is 23.8 Å². The number of nitrogens with zero attached hydrogens (tertiary/aromatic N) is 2. The third kappa shape index (κ3) is 7.69. The Bertz CT molecular complexity index is 2030. The van der Waals surface area contributed by atoms with Gasteiger partial charge in [0.15, 0.2) is 5.78 Å². The molecular weight excluding hydrogens is 697 g/mol. The number of hydrogen-bond donors (Lipinski definition) is 1. The van der Waals surface area contributed by atoms with E-state index in [0.29, 0.717) is 33.7 Å². The Hall–Kier alpha value is -5.18. The number of aromatic amines is 1. The van der Waals surface area contributed by atoms with Crippen molar-refractivity contribution in [2.45, 2.75) is 58.4 Å². The van der Waals surface area contributed by atoms with Crippen molar-refractivity contribution in [3.63, 3.8) is 0 Å². The van der Waals surface area contributed by atoms with Crippen LogP contribution in [0.5, 0.6) is 5.75 Å². The largest absolute Gasteiger partial charge is 0.486 e. The van der Waals surface area contributed by atoms with Crippen LogP contribution in [-0.2, 0) is 49.4 Å². The van der Waals surface area contributed by atoms with Gasteiger partial charge < -0.3 is 28.8 Å². The van der Waals surface area contributed by atoms with Crippen LogP contribution >= 0.6 is 11.8 Å². The number of carbonyl (C=O) groups is 5. The number of nitrogens with one attached hydrogen (secondary N) is 1. The number of halogens is 1. The number of amides is 1. The van der Waals surface area contributed by atoms with Crippen LogP contribution in [0.1, 0.15) is 52.2 Å². The highest BCUT2D eigenvalue weighted by molar-refractivity contribution is 8.00. The van der Waals surface area contributed by atoms with Gasteiger partial charge in [-0.3, -0.25) is 19.3 Å². The Morgan fingerprint density at radius 2 is 1.85 bits per heavy atom. The second kappa shape index (κ2) is 14.8. The molecule has 3 heterocycles. The maximum Gasteiger partial charge on any atom is 0.355 e. The zero-order valence-corrected chi connectivity index (χ0v) is 30.1. The molecule has 274 valence electrons. The molecule has 52 heavy (non-hydrogen) atoms. The fourth-order valence-electron chi connectivity index (χ4n) is 6.31. The smallest absolute Gasteiger partial charge is 0.355 e. The van der Waals surface area contributed by atoms with Gasteiger partial charge >= 0.3 is 17.9 Å². The molecule has 2 atom stereocenters. The molecule has 0 saturated carbocycles. The number of rotatable bonds is 12. The number of fused-ring (bicyclic) bond motifs is 6. The minimum absolute atomic E-state index is 0.0471. The molecule has 1 aliphatic carbocycles. The summed E-state index contributed by atoms with van der Waals surface area (Å²) in [6, 6.07) is 9.68. The Balaban J connectivity index is 1.17. The van der Waals surface area contributed by atoms with E-state index in [-0.39, 0.29) is 50.0 Å². The number of β-lactam (4-membered cyclic amide) rings is 1. The number of thioether (sulfide) groups is 1. The molecule has 15 heteroatoms. The molecule has 3 aromatic rings. The highest BCUT2D eigenvalue weighted by atomic mass is 32.2. The first-order chi connectivity index (χ1) is 24.7. The van der Waals surface area contributed by atoms with E-state index in [1.165, 1.54) is 35.7 Å². The summed E-state index contributed by atoms with van der Waals surface area (Å²) in [5.74, 6) is -2.92. The Kier molecular flexibility index (Phi) is 10.4. The topological polar surface area (TPSA) is 163 Å². The van der Waals surface area contributed by atoms with Crippen LogP contribution in [0.2, 0.25) is 0 Å². The van der Waals surface area contributed by atoms with Gasteiger partial charge in [-0.1, -0.05) is 5.16 Å². The van der Waals surface area contributed by atoms with Gasteiger partial charge in [0.25, 0.3) is 0 Å². The molecule has 2 unspecified atom stereocenters. The lowest BCUT2D eigenvalue weighted by Gasteiger charge is -2.50. The normalized spacial score (nSPS) is 18.6. The molecule has 6 rings (SSSR count). The summed E-state index contributed by atoms with van der Waals surface area (Å²) >= 11 is 1.38. The Morgan fingerprint density at radius 3 is 2.58 bits per heavy atom. The summed E-state index contributed by atoms with van der Waals surface area (Å²) in [6.45, 7) is 7.39. The molecule has 3 aliphatic rings. The molecule has 1 aromatic heterocycles. The van der Waals surface area contributed by atoms with E-state index < -0.39 is 47.3 Å². The minimum atomic E-state index is -0.826. The number of aromatic nitrogens is 1. The van der Waals surface area contributed by atoms with E-state index in [2.05, 4.69) is 10.1 Å². The lowest BCUT2D eigenvalue weighted by atomic mass is 9.87. The van der Waals surface area contributed by atoms with E-state index in [0.717, 1.165) is 22.3 Å². The number of esters is 3. The Morgan fingerprint density at radius 1 is 1.06 bits per heavy atom. The molecule has 0 radical (unpaired) electrons. The third-order valence-electron chi connectivity index (χ3n) is 8.49. The van der Waals surface area contributed by atoms with Crippen LogP contribution in [0.25, 0.3) is 22.2 Å². The molecule has 1 fully saturated rings. The number of hydrogen-bond acceptors (Lipinski definition) is 12. The molecule has 0 bridgehead atoms. The lowest BCUT2D eigenvalue weighted by Crippen LogP contribution is -2.62. The zero-order chi connectivity index (χ0) is 37.3. The van der Waals surface area contributed by atoms with Gasteiger partial charge in [-0.15, -0.1) is 11.8 Å². The maximum atomic E-state index is 14.2. The molecule has 1 N–H and O–H groups in total. The lowest BCUT2D eigenvalue weighted by molar-refractivity contribution is -0.161. The van der Waals surface area contributed by atoms with Crippen LogP contribution in [0, 0.1) is 11.7 Å². The van der Waals surface area contributed by atoms with Crippen molar-refractivity contribution in [2.24, 2.45) is 11.1 Å². The molecule has 1 amide bonds. The van der Waals surface area contributed by atoms with Crippen molar-refractivity contribution >= 4 is 58.0 Å². The van der Waals surface area contributed by atoms with Crippen molar-refractivity contribution in [2.75, 3.05) is 32.2 Å². The SMILES string of the molecule is CCOC(=O)CO/N=C1/Cc2c([nH]c3ccc(F)cc23)-c2ccc(OCC(=O)CC3C(=O)N4C(C(=O)OC(C)(C)C)=C(COC(C)=O)CSC34)cc21. The molecule has 1 saturated heterocycles. The van der Waals surface area contributed by atoms with Crippen molar-refractivity contribution in [3.05, 3.63) is 64.6 Å². The standard InChI is InChI=1S/C37H38FN3O10S/c1-6-47-31(44)17-50-40-30-14-27-25-11-21(38)7-10-29(25)39-32(27)24-9-8-23(13-26(24)30)49-16-22(43)12-28-34(45)41-33(36(46)51-37(3,4)5)20(15-48-19(2)42)18-52-35(28)41/h7-11,13,28,35,39H,6,12,14-18H2,1-5H3/b40-30-. The van der Waals surface area contributed by atoms with Gasteiger partial charge in [-0.2, -0.15) is 0 Å². The van der Waals surface area contributed by atoms with E-state index >= 15 is 0 Å². The number of Topliss-reactive ketones (excluding diaryl/α,β-unsaturated/α-hetero) is 1. The number of ketones is 1. The van der Waals surface area contributed by atoms with Crippen molar-refractivity contribution < 1.29 is 52.1 Å². The van der Waals surface area contributed by atoms with Crippen LogP contribution < -0.4 is 4.74 Å². The van der Waals surface area contributed by atoms with E-state index in [9.17, 15) is 28.4 Å². The number of carbonyl (C=O) groups excluding carboxylic acids is 5. The molecular formula is C37H38FN3O10S. The van der Waals surface area contributed by atoms with Crippen LogP contribution in [0.4, 0.5) is 4.39 Å². The fraction of sp³-hybridized carbons (Fsp3) is 0.405. The van der Waals surface area contributed by atoms with Gasteiger partial charge in [-0.25, -0.2) is 14.0 Å². The van der Waals surface area contributed by atoms with Crippen LogP contribution in [0.15, 0.2) is 52.8 Å². The number of oxime groups is 1. The summed E-state index contributed by atoms with van der Waals surface area (Å²) < 4.78 is 35.7. The average Bonchev–Trinajstić information content (AvgIpc) is 3.45. The molecule has 13 nitrogen and oxygen atoms in total. The summed E-state index contributed by atoms with van der Waals surface area (Å²) in [5.41, 5.74) is 3.84. The van der Waals surface area contributed by atoms with Crippen molar-refractivity contribution in [3.8, 4) is 17.0 Å². The molecule has 2 aliphatic heterocycles. The predicted molar refractivity (Wildman–Crippen MR) is 188 cm³/mol. The minimum Gasteiger partial charge on any atom is -0.486 e. The first-order valence-electron chi connectivity index (χ1n) is 16.7. The van der Waals surface area contributed by atoms with E-state index in [1.54, 1.807) is 52.0 Å². The van der Waals surface area contributed by atoms with Crippen molar-refractivity contribution in [1.82, 2.24) is 9.88 Å². The number of ether oxygens (including phenoxy) is 4. The number of benzene rings is 2. The zero-order valence-electron chi connectivity index (χ0n) is 29.3. The fourth-order valence-corrected chi connectivity index (χ4v) is 7.71. The summed E-state index contributed by atoms with van der Waals surface area (Å²) in [5, 5.41) is 4.46. The van der Waals surface area contributed by atoms with Gasteiger partial charge in [-0.05, 0) is 69.7 Å². The summed E-state index contributed by atoms with van der Waals surface area (Å²) in [4.78, 5) is 73.2. The summed E-state index contributed by atoms with van der Waals surface area (Å²) in [6.07, 6.45) is 0.154. The van der Waals surface area contributed by atoms with Gasteiger partial charge in [0.1, 0.15) is 36.1 Å². The Labute approximate surface area is 302 Å². The summed E-state index contributed by atoms with van der Waals surface area (Å²) in [7, 11) is 0. The first-order valence-corrected chi connectivity index (χ1v) is 17.8. The number of H-pyrrole nitrogens is 1. The van der Waals surface area contributed by atoms with Crippen molar-refractivity contribution in [1.29, 1.82) is 0 Å². The van der Waals surface area contributed by atoms with Crippen LogP contribution in [0.3, 0.4) is 0 Å². The van der Waals surface area contributed by atoms with Gasteiger partial charge in [0, 0.05) is 53.1 Å². The third-order valence-corrected chi connectivity index (χ3v) is 9.89. The van der Waals surface area contributed by atoms with Crippen LogP contribution in [-0.4, -0.2) is 88.3 Å². The maximum absolute atomic E-state index is 14.2. The average molecular weight is 736 g/mol. The highest BCUT2D eigenvalue weighted by Crippen LogP contribution is 2.46. The molecule has 0 spiro atoms. The highest BCUT2D eigenvalue weighted by Gasteiger charge is 2.54. The van der Waals surface area contributed by atoms with Gasteiger partial charge in [0.2, 0.25) is 12.5 Å². The second-order valence-electron chi connectivity index (χ2n) is 13.5. The van der Waals surface area contributed by atoms with Gasteiger partial charge in [0.05, 0.1) is 29.3 Å². The quantitative estimate of drug-likeness (QED) is 0.117. The first kappa shape index (κ1) is 36.6. The predicted octanol–water partition coefficient (Wildman–Crippen LogP) is 4.84.